The predicted molar refractivity (Wildman–Crippen MR) is 87.9 cm³/mol. The molecule has 1 heterocycles. The highest BCUT2D eigenvalue weighted by atomic mass is 16.6. The van der Waals surface area contributed by atoms with Crippen molar-refractivity contribution in [2.24, 2.45) is 0 Å². The van der Waals surface area contributed by atoms with E-state index in [1.165, 1.54) is 24.3 Å². The molecule has 0 fully saturated rings. The van der Waals surface area contributed by atoms with Crippen molar-refractivity contribution in [3.63, 3.8) is 0 Å². The van der Waals surface area contributed by atoms with Crippen molar-refractivity contribution >= 4 is 23.2 Å². The Balaban J connectivity index is 1.64. The molecule has 1 N–H and O–H groups in total. The smallest absolute Gasteiger partial charge is 0.270 e. The summed E-state index contributed by atoms with van der Waals surface area (Å²) in [6.45, 7) is 0.431. The molecule has 0 aliphatic carbocycles. The highest BCUT2D eigenvalue weighted by molar-refractivity contribution is 6.01. The van der Waals surface area contributed by atoms with Gasteiger partial charge in [0.1, 0.15) is 0 Å². The predicted octanol–water partition coefficient (Wildman–Crippen LogP) is 1.91. The van der Waals surface area contributed by atoms with E-state index in [1.807, 2.05) is 24.3 Å². The van der Waals surface area contributed by atoms with Gasteiger partial charge in [-0.1, -0.05) is 24.3 Å². The van der Waals surface area contributed by atoms with Crippen LogP contribution in [0.25, 0.3) is 0 Å². The second kappa shape index (κ2) is 6.49. The maximum Gasteiger partial charge on any atom is 0.270 e. The van der Waals surface area contributed by atoms with Crippen LogP contribution in [0.4, 0.5) is 11.4 Å². The van der Waals surface area contributed by atoms with Crippen LogP contribution in [-0.4, -0.2) is 29.8 Å². The Labute approximate surface area is 138 Å². The van der Waals surface area contributed by atoms with Crippen LogP contribution in [0, 0.1) is 10.1 Å². The van der Waals surface area contributed by atoms with Gasteiger partial charge in [0.15, 0.2) is 0 Å². The number of fused-ring (bicyclic) bond motifs is 1. The lowest BCUT2D eigenvalue weighted by atomic mass is 10.2. The van der Waals surface area contributed by atoms with E-state index in [0.717, 1.165) is 17.7 Å². The van der Waals surface area contributed by atoms with Gasteiger partial charge in [0.05, 0.1) is 11.5 Å². The number of nitrogens with one attached hydrogen (secondary N) is 1. The number of non-ortho nitro benzene ring substituents is 1. The lowest BCUT2D eigenvalue weighted by Crippen LogP contribution is -2.39. The Morgan fingerprint density at radius 3 is 2.75 bits per heavy atom. The van der Waals surface area contributed by atoms with Crippen molar-refractivity contribution in [2.45, 2.75) is 6.42 Å². The van der Waals surface area contributed by atoms with E-state index >= 15 is 0 Å². The zero-order valence-electron chi connectivity index (χ0n) is 12.8. The van der Waals surface area contributed by atoms with Crippen molar-refractivity contribution in [1.29, 1.82) is 0 Å². The average Bonchev–Trinajstić information content (AvgIpc) is 3.03. The van der Waals surface area contributed by atoms with Crippen LogP contribution in [0.15, 0.2) is 48.5 Å². The van der Waals surface area contributed by atoms with E-state index in [2.05, 4.69) is 5.32 Å². The van der Waals surface area contributed by atoms with Gasteiger partial charge < -0.3 is 10.2 Å². The minimum atomic E-state index is -0.566. The first-order valence-corrected chi connectivity index (χ1v) is 7.47. The standard InChI is InChI=1S/C17H15N3O4/c21-16(19-9-8-12-4-1-2-7-15(12)19)11-18-17(22)13-5-3-6-14(10-13)20(23)24/h1-7,10H,8-9,11H2,(H,18,22). The van der Waals surface area contributed by atoms with Crippen molar-refractivity contribution in [3.8, 4) is 0 Å². The Bertz CT molecular complexity index is 819. The van der Waals surface area contributed by atoms with Gasteiger partial charge >= 0.3 is 0 Å². The van der Waals surface area contributed by atoms with E-state index < -0.39 is 10.8 Å². The summed E-state index contributed by atoms with van der Waals surface area (Å²) < 4.78 is 0. The molecule has 0 saturated heterocycles. The van der Waals surface area contributed by atoms with Gasteiger partial charge in [-0.15, -0.1) is 0 Å². The average molecular weight is 325 g/mol. The van der Waals surface area contributed by atoms with Crippen LogP contribution in [0.5, 0.6) is 0 Å². The van der Waals surface area contributed by atoms with E-state index in [4.69, 9.17) is 0 Å². The third-order valence-electron chi connectivity index (χ3n) is 3.91. The summed E-state index contributed by atoms with van der Waals surface area (Å²) in [5.74, 6) is -0.724. The molecule has 0 bridgehead atoms. The summed E-state index contributed by atoms with van der Waals surface area (Å²) in [6.07, 6.45) is 0.792. The first-order valence-electron chi connectivity index (χ1n) is 7.47. The van der Waals surface area contributed by atoms with Crippen molar-refractivity contribution in [3.05, 3.63) is 69.8 Å². The number of nitrogens with zero attached hydrogens (tertiary/aromatic N) is 2. The minimum absolute atomic E-state index is 0.152. The first kappa shape index (κ1) is 15.7. The van der Waals surface area contributed by atoms with Crippen LogP contribution >= 0.6 is 0 Å². The molecular weight excluding hydrogens is 310 g/mol. The zero-order chi connectivity index (χ0) is 17.1. The number of hydrogen-bond acceptors (Lipinski definition) is 4. The lowest BCUT2D eigenvalue weighted by molar-refractivity contribution is -0.384. The molecule has 0 unspecified atom stereocenters. The maximum atomic E-state index is 12.3. The molecule has 7 heteroatoms. The number of para-hydroxylation sites is 1. The summed E-state index contributed by atoms with van der Waals surface area (Å²) >= 11 is 0. The summed E-state index contributed by atoms with van der Waals surface area (Å²) in [5.41, 5.74) is 1.96. The van der Waals surface area contributed by atoms with Gasteiger partial charge in [-0.2, -0.15) is 0 Å². The molecule has 2 aromatic rings. The summed E-state index contributed by atoms with van der Waals surface area (Å²) in [7, 11) is 0. The highest BCUT2D eigenvalue weighted by Crippen LogP contribution is 2.27. The Kier molecular flexibility index (Phi) is 4.24. The van der Waals surface area contributed by atoms with Gasteiger partial charge in [0.2, 0.25) is 5.91 Å². The third-order valence-corrected chi connectivity index (χ3v) is 3.91. The summed E-state index contributed by atoms with van der Waals surface area (Å²) in [5, 5.41) is 13.3. The van der Waals surface area contributed by atoms with Crippen molar-refractivity contribution < 1.29 is 14.5 Å². The molecule has 3 rings (SSSR count). The fourth-order valence-corrected chi connectivity index (χ4v) is 2.71. The van der Waals surface area contributed by atoms with E-state index in [9.17, 15) is 19.7 Å². The molecule has 7 nitrogen and oxygen atoms in total. The molecule has 24 heavy (non-hydrogen) atoms. The van der Waals surface area contributed by atoms with E-state index in [0.29, 0.717) is 6.54 Å². The Morgan fingerprint density at radius 1 is 1.17 bits per heavy atom. The third kappa shape index (κ3) is 3.10. The number of benzene rings is 2. The second-order valence-corrected chi connectivity index (χ2v) is 5.41. The summed E-state index contributed by atoms with van der Waals surface area (Å²) in [4.78, 5) is 36.2. The Morgan fingerprint density at radius 2 is 1.96 bits per heavy atom. The topological polar surface area (TPSA) is 92.6 Å². The minimum Gasteiger partial charge on any atom is -0.343 e. The van der Waals surface area contributed by atoms with Crippen molar-refractivity contribution in [1.82, 2.24) is 5.32 Å². The normalized spacial score (nSPS) is 12.6. The monoisotopic (exact) mass is 325 g/mol. The Hall–Kier alpha value is -3.22. The molecule has 0 atom stereocenters. The zero-order valence-corrected chi connectivity index (χ0v) is 12.8. The fraction of sp³-hybridized carbons (Fsp3) is 0.176. The van der Waals surface area contributed by atoms with Crippen LogP contribution in [0.2, 0.25) is 0 Å². The molecule has 0 spiro atoms. The second-order valence-electron chi connectivity index (χ2n) is 5.41. The number of anilines is 1. The van der Waals surface area contributed by atoms with Gasteiger partial charge in [-0.3, -0.25) is 19.7 Å². The maximum absolute atomic E-state index is 12.3. The van der Waals surface area contributed by atoms with E-state index in [-0.39, 0.29) is 23.7 Å². The van der Waals surface area contributed by atoms with Crippen LogP contribution < -0.4 is 10.2 Å². The van der Waals surface area contributed by atoms with Crippen LogP contribution in [0.3, 0.4) is 0 Å². The number of hydrogen-bond donors (Lipinski definition) is 1. The number of nitro benzene ring substituents is 1. The van der Waals surface area contributed by atoms with Gasteiger partial charge in [0.25, 0.3) is 11.6 Å². The van der Waals surface area contributed by atoms with E-state index in [1.54, 1.807) is 4.90 Å². The lowest BCUT2D eigenvalue weighted by Gasteiger charge is -2.17. The molecule has 2 aromatic carbocycles. The molecule has 1 aliphatic heterocycles. The van der Waals surface area contributed by atoms with Crippen LogP contribution in [0.1, 0.15) is 15.9 Å². The van der Waals surface area contributed by atoms with Crippen LogP contribution in [-0.2, 0) is 11.2 Å². The van der Waals surface area contributed by atoms with Gasteiger partial charge in [-0.25, -0.2) is 0 Å². The SMILES string of the molecule is O=C(NCC(=O)N1CCc2ccccc21)c1cccc([N+](=O)[O-])c1. The highest BCUT2D eigenvalue weighted by Gasteiger charge is 2.24. The molecule has 2 amide bonds. The number of rotatable bonds is 4. The van der Waals surface area contributed by atoms with Gasteiger partial charge in [0, 0.05) is 29.9 Å². The largest absolute Gasteiger partial charge is 0.343 e. The van der Waals surface area contributed by atoms with Gasteiger partial charge in [-0.05, 0) is 24.1 Å². The molecule has 0 radical (unpaired) electrons. The number of amides is 2. The molecule has 1 aliphatic rings. The number of nitro groups is 1. The number of carbonyl (C=O) groups is 2. The molecule has 0 saturated carbocycles. The quantitative estimate of drug-likeness (QED) is 0.686. The molecule has 122 valence electrons. The van der Waals surface area contributed by atoms with Crippen molar-refractivity contribution in [2.75, 3.05) is 18.0 Å². The fourth-order valence-electron chi connectivity index (χ4n) is 2.71. The number of carbonyl (C=O) groups excluding carboxylic acids is 2. The molecule has 0 aromatic heterocycles. The summed E-state index contributed by atoms with van der Waals surface area (Å²) in [6, 6.07) is 13.0. The first-order chi connectivity index (χ1) is 11.6. The molecular formula is C17H15N3O4.